The minimum Gasteiger partial charge on any atom is -0.395 e. The highest BCUT2D eigenvalue weighted by molar-refractivity contribution is 5.79. The van der Waals surface area contributed by atoms with E-state index in [0.29, 0.717) is 6.04 Å². The molecule has 1 saturated heterocycles. The second kappa shape index (κ2) is 7.67. The first-order chi connectivity index (χ1) is 9.33. The van der Waals surface area contributed by atoms with Gasteiger partial charge in [0.2, 0.25) is 5.96 Å². The number of hydrogen-bond acceptors (Lipinski definition) is 4. The predicted octanol–water partition coefficient (Wildman–Crippen LogP) is -0.252. The lowest BCUT2D eigenvalue weighted by Crippen LogP contribution is -2.54. The molecular formula is C13H27N5O. The second-order valence-electron chi connectivity index (χ2n) is 5.44. The standard InChI is InChI=1S/C13H27N5O/c14-16-13(15-12-4-2-1-3-5-12)18-8-6-17(7-9-18)10-11-19/h12,19H,1-11,14H2,(H,15,16). The van der Waals surface area contributed by atoms with Crippen LogP contribution < -0.4 is 11.3 Å². The summed E-state index contributed by atoms with van der Waals surface area (Å²) in [6, 6.07) is 0.440. The van der Waals surface area contributed by atoms with Crippen molar-refractivity contribution < 1.29 is 5.11 Å². The van der Waals surface area contributed by atoms with E-state index in [2.05, 4.69) is 15.2 Å². The van der Waals surface area contributed by atoms with Crippen molar-refractivity contribution in [2.75, 3.05) is 39.3 Å². The van der Waals surface area contributed by atoms with Gasteiger partial charge in [0.1, 0.15) is 0 Å². The van der Waals surface area contributed by atoms with Crippen molar-refractivity contribution in [3.05, 3.63) is 0 Å². The van der Waals surface area contributed by atoms with Crippen LogP contribution in [0.4, 0.5) is 0 Å². The van der Waals surface area contributed by atoms with Crippen molar-refractivity contribution in [2.24, 2.45) is 10.8 Å². The smallest absolute Gasteiger partial charge is 0.208 e. The fourth-order valence-corrected chi connectivity index (χ4v) is 2.92. The molecule has 0 atom stereocenters. The number of aliphatic hydroxyl groups excluding tert-OH is 1. The summed E-state index contributed by atoms with van der Waals surface area (Å²) in [4.78, 5) is 9.28. The van der Waals surface area contributed by atoms with Crippen LogP contribution in [0, 0.1) is 0 Å². The van der Waals surface area contributed by atoms with Crippen molar-refractivity contribution in [1.29, 1.82) is 0 Å². The third-order valence-corrected chi connectivity index (χ3v) is 4.10. The molecular weight excluding hydrogens is 242 g/mol. The molecule has 0 amide bonds. The number of β-amino-alcohol motifs (C(OH)–C–C–N with tert-alkyl or cyclic N) is 1. The van der Waals surface area contributed by atoms with E-state index in [1.165, 1.54) is 32.1 Å². The summed E-state index contributed by atoms with van der Waals surface area (Å²) in [6.45, 7) is 4.78. The largest absolute Gasteiger partial charge is 0.395 e. The predicted molar refractivity (Wildman–Crippen MR) is 76.7 cm³/mol. The minimum atomic E-state index is 0.234. The zero-order valence-electron chi connectivity index (χ0n) is 11.7. The van der Waals surface area contributed by atoms with Crippen LogP contribution >= 0.6 is 0 Å². The summed E-state index contributed by atoms with van der Waals surface area (Å²) in [5, 5.41) is 8.94. The number of nitrogens with zero attached hydrogens (tertiary/aromatic N) is 3. The zero-order chi connectivity index (χ0) is 13.5. The van der Waals surface area contributed by atoms with E-state index in [9.17, 15) is 0 Å². The Kier molecular flexibility index (Phi) is 5.88. The van der Waals surface area contributed by atoms with Crippen molar-refractivity contribution in [3.63, 3.8) is 0 Å². The van der Waals surface area contributed by atoms with Gasteiger partial charge in [-0.2, -0.15) is 0 Å². The Morgan fingerprint density at radius 2 is 1.84 bits per heavy atom. The number of rotatable bonds is 3. The summed E-state index contributed by atoms with van der Waals surface area (Å²) in [6.07, 6.45) is 6.30. The molecule has 1 aliphatic carbocycles. The summed E-state index contributed by atoms with van der Waals surface area (Å²) >= 11 is 0. The third kappa shape index (κ3) is 4.33. The number of hydrogen-bond donors (Lipinski definition) is 3. The Labute approximate surface area is 115 Å². The van der Waals surface area contributed by atoms with Gasteiger partial charge in [0, 0.05) is 32.7 Å². The zero-order valence-corrected chi connectivity index (χ0v) is 11.7. The minimum absolute atomic E-state index is 0.234. The number of hydrazine groups is 1. The average Bonchev–Trinajstić information content (AvgIpc) is 2.47. The van der Waals surface area contributed by atoms with E-state index in [1.54, 1.807) is 0 Å². The molecule has 1 saturated carbocycles. The number of aliphatic hydroxyl groups is 1. The fraction of sp³-hybridized carbons (Fsp3) is 0.923. The molecule has 0 aromatic heterocycles. The van der Waals surface area contributed by atoms with Crippen LogP contribution in [0.3, 0.4) is 0 Å². The van der Waals surface area contributed by atoms with Gasteiger partial charge in [-0.1, -0.05) is 19.3 Å². The number of piperazine rings is 1. The lowest BCUT2D eigenvalue weighted by molar-refractivity contribution is 0.145. The Hall–Kier alpha value is -0.850. The second-order valence-corrected chi connectivity index (χ2v) is 5.44. The molecule has 0 bridgehead atoms. The average molecular weight is 269 g/mol. The molecule has 19 heavy (non-hydrogen) atoms. The molecule has 110 valence electrons. The molecule has 2 fully saturated rings. The van der Waals surface area contributed by atoms with E-state index in [0.717, 1.165) is 38.7 Å². The van der Waals surface area contributed by atoms with Gasteiger partial charge in [-0.05, 0) is 12.8 Å². The highest BCUT2D eigenvalue weighted by Gasteiger charge is 2.20. The van der Waals surface area contributed by atoms with Gasteiger partial charge in [0.25, 0.3) is 0 Å². The van der Waals surface area contributed by atoms with Crippen molar-refractivity contribution in [2.45, 2.75) is 38.1 Å². The molecule has 0 radical (unpaired) electrons. The molecule has 0 unspecified atom stereocenters. The molecule has 6 heteroatoms. The van der Waals surface area contributed by atoms with Gasteiger partial charge in [-0.15, -0.1) is 0 Å². The van der Waals surface area contributed by atoms with Crippen LogP contribution in [-0.4, -0.2) is 66.2 Å². The number of nitrogens with one attached hydrogen (secondary N) is 1. The molecule has 4 N–H and O–H groups in total. The molecule has 6 nitrogen and oxygen atoms in total. The van der Waals surface area contributed by atoms with Crippen molar-refractivity contribution >= 4 is 5.96 Å². The maximum Gasteiger partial charge on any atom is 0.208 e. The maximum absolute atomic E-state index is 8.94. The number of nitrogens with two attached hydrogens (primary N) is 1. The first-order valence-corrected chi connectivity index (χ1v) is 7.46. The quantitative estimate of drug-likeness (QED) is 0.285. The summed E-state index contributed by atoms with van der Waals surface area (Å²) < 4.78 is 0. The van der Waals surface area contributed by atoms with Gasteiger partial charge in [-0.3, -0.25) is 10.3 Å². The Balaban J connectivity index is 1.85. The van der Waals surface area contributed by atoms with Crippen LogP contribution in [0.1, 0.15) is 32.1 Å². The number of aliphatic imine (C=N–C) groups is 1. The van der Waals surface area contributed by atoms with Crippen molar-refractivity contribution in [1.82, 2.24) is 15.2 Å². The molecule has 2 rings (SSSR count). The highest BCUT2D eigenvalue weighted by atomic mass is 16.3. The summed E-state index contributed by atoms with van der Waals surface area (Å²) in [5.74, 6) is 6.48. The summed E-state index contributed by atoms with van der Waals surface area (Å²) in [7, 11) is 0. The van der Waals surface area contributed by atoms with E-state index < -0.39 is 0 Å². The Morgan fingerprint density at radius 1 is 1.16 bits per heavy atom. The topological polar surface area (TPSA) is 77.1 Å². The van der Waals surface area contributed by atoms with E-state index in [4.69, 9.17) is 15.9 Å². The Bertz CT molecular complexity index is 283. The van der Waals surface area contributed by atoms with E-state index in [1.807, 2.05) is 0 Å². The fourth-order valence-electron chi connectivity index (χ4n) is 2.92. The summed E-state index contributed by atoms with van der Waals surface area (Å²) in [5.41, 5.74) is 2.77. The van der Waals surface area contributed by atoms with Crippen LogP contribution in [0.2, 0.25) is 0 Å². The van der Waals surface area contributed by atoms with Gasteiger partial charge >= 0.3 is 0 Å². The van der Waals surface area contributed by atoms with Gasteiger partial charge < -0.3 is 10.0 Å². The molecule has 2 aliphatic rings. The van der Waals surface area contributed by atoms with Crippen LogP contribution in [0.25, 0.3) is 0 Å². The van der Waals surface area contributed by atoms with E-state index >= 15 is 0 Å². The number of guanidine groups is 1. The van der Waals surface area contributed by atoms with E-state index in [-0.39, 0.29) is 6.61 Å². The van der Waals surface area contributed by atoms with Crippen LogP contribution in [-0.2, 0) is 0 Å². The monoisotopic (exact) mass is 269 g/mol. The molecule has 1 heterocycles. The molecule has 0 aromatic carbocycles. The van der Waals surface area contributed by atoms with Crippen LogP contribution in [0.5, 0.6) is 0 Å². The molecule has 0 aromatic rings. The maximum atomic E-state index is 8.94. The first kappa shape index (κ1) is 14.6. The van der Waals surface area contributed by atoms with Crippen molar-refractivity contribution in [3.8, 4) is 0 Å². The van der Waals surface area contributed by atoms with Gasteiger partial charge in [0.05, 0.1) is 12.6 Å². The Morgan fingerprint density at radius 3 is 2.42 bits per heavy atom. The molecule has 0 spiro atoms. The van der Waals surface area contributed by atoms with Crippen LogP contribution in [0.15, 0.2) is 4.99 Å². The van der Waals surface area contributed by atoms with Gasteiger partial charge in [-0.25, -0.2) is 10.8 Å². The normalized spacial score (nSPS) is 23.7. The SMILES string of the molecule is NNC(=NC1CCCCC1)N1CCN(CCO)CC1. The lowest BCUT2D eigenvalue weighted by atomic mass is 9.96. The first-order valence-electron chi connectivity index (χ1n) is 7.46. The van der Waals surface area contributed by atoms with Gasteiger partial charge in [0.15, 0.2) is 0 Å². The lowest BCUT2D eigenvalue weighted by Gasteiger charge is -2.36. The molecule has 1 aliphatic heterocycles. The third-order valence-electron chi connectivity index (χ3n) is 4.10. The highest BCUT2D eigenvalue weighted by Crippen LogP contribution is 2.20.